The van der Waals surface area contributed by atoms with Gasteiger partial charge in [0.2, 0.25) is 0 Å². The van der Waals surface area contributed by atoms with Gasteiger partial charge < -0.3 is 4.90 Å². The fraction of sp³-hybridized carbons (Fsp3) is 0.200. The smallest absolute Gasteiger partial charge is 0.261 e. The third-order valence-corrected chi connectivity index (χ3v) is 3.23. The van der Waals surface area contributed by atoms with Crippen LogP contribution in [-0.2, 0) is 0 Å². The van der Waals surface area contributed by atoms with Gasteiger partial charge in [0, 0.05) is 24.1 Å². The molecule has 5 heteroatoms. The lowest BCUT2D eigenvalue weighted by atomic mass is 10.2. The lowest BCUT2D eigenvalue weighted by Crippen LogP contribution is -2.31. The second-order valence-electron chi connectivity index (χ2n) is 4.33. The van der Waals surface area contributed by atoms with Gasteiger partial charge in [-0.2, -0.15) is 0 Å². The number of hydrogen-bond donors (Lipinski definition) is 0. The van der Waals surface area contributed by atoms with Gasteiger partial charge in [0.15, 0.2) is 0 Å². The Labute approximate surface area is 122 Å². The van der Waals surface area contributed by atoms with Crippen LogP contribution >= 0.6 is 11.6 Å². The number of carbonyl (C=O) groups is 1. The van der Waals surface area contributed by atoms with E-state index in [0.29, 0.717) is 22.8 Å². The number of anilines is 1. The van der Waals surface area contributed by atoms with E-state index < -0.39 is 0 Å². The summed E-state index contributed by atoms with van der Waals surface area (Å²) in [7, 11) is 0. The lowest BCUT2D eigenvalue weighted by molar-refractivity contribution is 0.0988. The van der Waals surface area contributed by atoms with Gasteiger partial charge in [-0.15, -0.1) is 0 Å². The zero-order valence-electron chi connectivity index (χ0n) is 11.2. The number of aromatic nitrogens is 1. The molecule has 104 valence electrons. The van der Waals surface area contributed by atoms with Crippen LogP contribution in [0.2, 0.25) is 5.02 Å². The molecule has 1 amide bonds. The molecule has 0 bridgehead atoms. The summed E-state index contributed by atoms with van der Waals surface area (Å²) in [6.45, 7) is 4.10. The number of amides is 1. The van der Waals surface area contributed by atoms with Gasteiger partial charge in [-0.1, -0.05) is 11.6 Å². The highest BCUT2D eigenvalue weighted by atomic mass is 35.5. The molecule has 0 aliphatic heterocycles. The molecule has 2 aromatic rings. The molecule has 1 heterocycles. The third kappa shape index (κ3) is 2.96. The molecular formula is C15H14ClFN2O. The summed E-state index contributed by atoms with van der Waals surface area (Å²) in [6, 6.07) is 7.41. The minimum atomic E-state index is -0.340. The van der Waals surface area contributed by atoms with E-state index in [9.17, 15) is 9.18 Å². The fourth-order valence-electron chi connectivity index (χ4n) is 1.89. The van der Waals surface area contributed by atoms with Gasteiger partial charge in [0.1, 0.15) is 5.82 Å². The first-order valence-electron chi connectivity index (χ1n) is 6.22. The zero-order valence-corrected chi connectivity index (χ0v) is 12.0. The highest BCUT2D eigenvalue weighted by molar-refractivity contribution is 6.34. The third-order valence-electron chi connectivity index (χ3n) is 2.92. The topological polar surface area (TPSA) is 33.2 Å². The Hall–Kier alpha value is -1.94. The van der Waals surface area contributed by atoms with Gasteiger partial charge in [-0.3, -0.25) is 9.78 Å². The summed E-state index contributed by atoms with van der Waals surface area (Å²) in [4.78, 5) is 18.1. The summed E-state index contributed by atoms with van der Waals surface area (Å²) < 4.78 is 13.0. The molecule has 3 nitrogen and oxygen atoms in total. The van der Waals surface area contributed by atoms with Crippen molar-refractivity contribution < 1.29 is 9.18 Å². The van der Waals surface area contributed by atoms with Crippen molar-refractivity contribution in [3.05, 3.63) is 58.6 Å². The second-order valence-corrected chi connectivity index (χ2v) is 4.74. The Morgan fingerprint density at radius 3 is 2.55 bits per heavy atom. The fourth-order valence-corrected chi connectivity index (χ4v) is 2.18. The molecule has 2 rings (SSSR count). The van der Waals surface area contributed by atoms with Gasteiger partial charge in [-0.25, -0.2) is 4.39 Å². The SMILES string of the molecule is CCN(C(=O)c1cnc(C)cc1Cl)c1ccc(F)cc1. The summed E-state index contributed by atoms with van der Waals surface area (Å²) in [6.07, 6.45) is 1.46. The maximum Gasteiger partial charge on any atom is 0.261 e. The van der Waals surface area contributed by atoms with E-state index >= 15 is 0 Å². The lowest BCUT2D eigenvalue weighted by Gasteiger charge is -2.21. The number of hydrogen-bond acceptors (Lipinski definition) is 2. The van der Waals surface area contributed by atoms with Crippen LogP contribution in [0.15, 0.2) is 36.5 Å². The molecule has 0 unspecified atom stereocenters. The van der Waals surface area contributed by atoms with E-state index in [1.807, 2.05) is 6.92 Å². The number of aryl methyl sites for hydroxylation is 1. The minimum absolute atomic E-state index is 0.253. The van der Waals surface area contributed by atoms with E-state index in [-0.39, 0.29) is 11.7 Å². The zero-order chi connectivity index (χ0) is 14.7. The first-order valence-corrected chi connectivity index (χ1v) is 6.60. The van der Waals surface area contributed by atoms with E-state index in [1.165, 1.54) is 23.2 Å². The van der Waals surface area contributed by atoms with Crippen molar-refractivity contribution in [3.8, 4) is 0 Å². The molecule has 0 radical (unpaired) electrons. The molecule has 1 aromatic heterocycles. The van der Waals surface area contributed by atoms with Crippen LogP contribution in [0.3, 0.4) is 0 Å². The van der Waals surface area contributed by atoms with Crippen LogP contribution in [0.5, 0.6) is 0 Å². The van der Waals surface area contributed by atoms with E-state index in [0.717, 1.165) is 5.69 Å². The monoisotopic (exact) mass is 292 g/mol. The van der Waals surface area contributed by atoms with Crippen molar-refractivity contribution in [1.29, 1.82) is 0 Å². The van der Waals surface area contributed by atoms with Crippen molar-refractivity contribution in [3.63, 3.8) is 0 Å². The standard InChI is InChI=1S/C15H14ClFN2O/c1-3-19(12-6-4-11(17)5-7-12)15(20)13-9-18-10(2)8-14(13)16/h4-9H,3H2,1-2H3. The van der Waals surface area contributed by atoms with Gasteiger partial charge >= 0.3 is 0 Å². The normalized spacial score (nSPS) is 10.4. The molecular weight excluding hydrogens is 279 g/mol. The molecule has 0 aliphatic carbocycles. The number of carbonyl (C=O) groups excluding carboxylic acids is 1. The van der Waals surface area contributed by atoms with Gasteiger partial charge in [0.05, 0.1) is 10.6 Å². The van der Waals surface area contributed by atoms with Gasteiger partial charge in [-0.05, 0) is 44.2 Å². The molecule has 0 saturated heterocycles. The summed E-state index contributed by atoms with van der Waals surface area (Å²) in [5, 5.41) is 0.364. The quantitative estimate of drug-likeness (QED) is 0.861. The Balaban J connectivity index is 2.36. The molecule has 0 saturated carbocycles. The van der Waals surface area contributed by atoms with Crippen LogP contribution in [0.4, 0.5) is 10.1 Å². The van der Waals surface area contributed by atoms with Crippen LogP contribution in [-0.4, -0.2) is 17.4 Å². The highest BCUT2D eigenvalue weighted by Gasteiger charge is 2.19. The Morgan fingerprint density at radius 2 is 2.00 bits per heavy atom. The van der Waals surface area contributed by atoms with Crippen LogP contribution in [0.1, 0.15) is 23.0 Å². The largest absolute Gasteiger partial charge is 0.309 e. The highest BCUT2D eigenvalue weighted by Crippen LogP contribution is 2.22. The second kappa shape index (κ2) is 6.01. The van der Waals surface area contributed by atoms with E-state index in [4.69, 9.17) is 11.6 Å². The molecule has 0 atom stereocenters. The van der Waals surface area contributed by atoms with E-state index in [2.05, 4.69) is 4.98 Å². The van der Waals surface area contributed by atoms with Gasteiger partial charge in [0.25, 0.3) is 5.91 Å². The van der Waals surface area contributed by atoms with Crippen LogP contribution < -0.4 is 4.90 Å². The molecule has 0 fully saturated rings. The Kier molecular flexibility index (Phi) is 4.35. The van der Waals surface area contributed by atoms with Crippen LogP contribution in [0, 0.1) is 12.7 Å². The first-order chi connectivity index (χ1) is 9.52. The number of benzene rings is 1. The van der Waals surface area contributed by atoms with Crippen molar-refractivity contribution >= 4 is 23.2 Å². The van der Waals surface area contributed by atoms with Crippen LogP contribution in [0.25, 0.3) is 0 Å². The van der Waals surface area contributed by atoms with Crippen molar-refractivity contribution in [2.24, 2.45) is 0 Å². The first kappa shape index (κ1) is 14.5. The maximum atomic E-state index is 13.0. The molecule has 0 aliphatic rings. The average molecular weight is 293 g/mol. The molecule has 1 aromatic carbocycles. The van der Waals surface area contributed by atoms with E-state index in [1.54, 1.807) is 25.1 Å². The van der Waals surface area contributed by atoms with Crippen molar-refractivity contribution in [2.45, 2.75) is 13.8 Å². The predicted molar refractivity (Wildman–Crippen MR) is 77.7 cm³/mol. The predicted octanol–water partition coefficient (Wildman–Crippen LogP) is 3.85. The number of halogens is 2. The number of pyridine rings is 1. The summed E-state index contributed by atoms with van der Waals surface area (Å²) >= 11 is 6.09. The Bertz CT molecular complexity index is 628. The minimum Gasteiger partial charge on any atom is -0.309 e. The average Bonchev–Trinajstić information content (AvgIpc) is 2.41. The summed E-state index contributed by atoms with van der Waals surface area (Å²) in [5.41, 5.74) is 1.70. The molecule has 0 N–H and O–H groups in total. The van der Waals surface area contributed by atoms with Crippen molar-refractivity contribution in [2.75, 3.05) is 11.4 Å². The van der Waals surface area contributed by atoms with Crippen molar-refractivity contribution in [1.82, 2.24) is 4.98 Å². The number of rotatable bonds is 3. The molecule has 0 spiro atoms. The summed E-state index contributed by atoms with van der Waals surface area (Å²) in [5.74, 6) is -0.594. The Morgan fingerprint density at radius 1 is 1.35 bits per heavy atom. The molecule has 20 heavy (non-hydrogen) atoms. The maximum absolute atomic E-state index is 13.0. The number of nitrogens with zero attached hydrogens (tertiary/aromatic N) is 2.